The average molecular weight is 226 g/mol. The highest BCUT2D eigenvalue weighted by atomic mass is 15.3. The van der Waals surface area contributed by atoms with Crippen LogP contribution in [0.1, 0.15) is 40.5 Å². The maximum absolute atomic E-state index is 2.61. The van der Waals surface area contributed by atoms with Crippen molar-refractivity contribution < 1.29 is 0 Å². The van der Waals surface area contributed by atoms with Crippen LogP contribution in [-0.2, 0) is 0 Å². The van der Waals surface area contributed by atoms with Crippen LogP contribution in [0.15, 0.2) is 0 Å². The van der Waals surface area contributed by atoms with Crippen molar-refractivity contribution in [3.63, 3.8) is 0 Å². The lowest BCUT2D eigenvalue weighted by atomic mass is 9.87. The largest absolute Gasteiger partial charge is 0.293 e. The van der Waals surface area contributed by atoms with E-state index in [0.29, 0.717) is 0 Å². The fraction of sp³-hybridized carbons (Fsp3) is 1.00. The summed E-state index contributed by atoms with van der Waals surface area (Å²) in [5.41, 5.74) is 0. The lowest BCUT2D eigenvalue weighted by Gasteiger charge is -2.36. The van der Waals surface area contributed by atoms with Gasteiger partial charge in [-0.25, -0.2) is 0 Å². The Kier molecular flexibility index (Phi) is 5.77. The molecule has 1 aliphatic rings. The van der Waals surface area contributed by atoms with E-state index in [1.807, 2.05) is 0 Å². The number of hydrogen-bond acceptors (Lipinski definition) is 2. The Hall–Kier alpha value is -0.0800. The summed E-state index contributed by atoms with van der Waals surface area (Å²) in [4.78, 5) is 5.07. The minimum atomic E-state index is 0.776. The predicted octanol–water partition coefficient (Wildman–Crippen LogP) is 2.90. The first-order valence-corrected chi connectivity index (χ1v) is 6.90. The highest BCUT2D eigenvalue weighted by Crippen LogP contribution is 2.24. The molecule has 0 aromatic heterocycles. The SMILES string of the molecule is CC(C)CN(C)CN1CCC(C(C)C)CC1. The molecule has 0 spiro atoms. The normalized spacial score (nSPS) is 20.2. The molecule has 0 unspecified atom stereocenters. The number of piperidine rings is 1. The van der Waals surface area contributed by atoms with Crippen LogP contribution in [0.25, 0.3) is 0 Å². The molecule has 0 aromatic carbocycles. The van der Waals surface area contributed by atoms with E-state index >= 15 is 0 Å². The van der Waals surface area contributed by atoms with Gasteiger partial charge >= 0.3 is 0 Å². The van der Waals surface area contributed by atoms with Crippen molar-refractivity contribution in [3.8, 4) is 0 Å². The van der Waals surface area contributed by atoms with Crippen molar-refractivity contribution in [2.45, 2.75) is 40.5 Å². The smallest absolute Gasteiger partial charge is 0.0503 e. The Morgan fingerprint density at radius 2 is 1.69 bits per heavy atom. The topological polar surface area (TPSA) is 6.48 Å². The highest BCUT2D eigenvalue weighted by Gasteiger charge is 2.21. The zero-order valence-electron chi connectivity index (χ0n) is 11.9. The summed E-state index contributed by atoms with van der Waals surface area (Å²) in [6.45, 7) is 14.3. The lowest BCUT2D eigenvalue weighted by Crippen LogP contribution is -2.42. The summed E-state index contributed by atoms with van der Waals surface area (Å²) in [7, 11) is 2.24. The number of rotatable bonds is 5. The third-order valence-corrected chi connectivity index (χ3v) is 3.69. The minimum Gasteiger partial charge on any atom is -0.293 e. The lowest BCUT2D eigenvalue weighted by molar-refractivity contribution is 0.0932. The Morgan fingerprint density at radius 1 is 1.12 bits per heavy atom. The van der Waals surface area contributed by atoms with Crippen LogP contribution in [0.3, 0.4) is 0 Å². The fourth-order valence-electron chi connectivity index (χ4n) is 2.78. The first kappa shape index (κ1) is 14.0. The maximum atomic E-state index is 2.61. The fourth-order valence-corrected chi connectivity index (χ4v) is 2.78. The molecule has 0 aromatic rings. The van der Waals surface area contributed by atoms with E-state index in [0.717, 1.165) is 24.4 Å². The standard InChI is InChI=1S/C14H30N2/c1-12(2)10-15(5)11-16-8-6-14(7-9-16)13(3)4/h12-14H,6-11H2,1-5H3. The Labute approximate surface area is 102 Å². The van der Waals surface area contributed by atoms with Crippen LogP contribution in [0, 0.1) is 17.8 Å². The Balaban J connectivity index is 2.21. The summed E-state index contributed by atoms with van der Waals surface area (Å²) >= 11 is 0. The van der Waals surface area contributed by atoms with Crippen molar-refractivity contribution >= 4 is 0 Å². The van der Waals surface area contributed by atoms with Crippen LogP contribution < -0.4 is 0 Å². The van der Waals surface area contributed by atoms with Crippen LogP contribution in [0.2, 0.25) is 0 Å². The van der Waals surface area contributed by atoms with Gasteiger partial charge in [-0.15, -0.1) is 0 Å². The Bertz CT molecular complexity index is 181. The van der Waals surface area contributed by atoms with Gasteiger partial charge in [-0.05, 0) is 50.7 Å². The van der Waals surface area contributed by atoms with Crippen LogP contribution in [0.4, 0.5) is 0 Å². The van der Waals surface area contributed by atoms with Gasteiger partial charge in [-0.2, -0.15) is 0 Å². The van der Waals surface area contributed by atoms with Crippen molar-refractivity contribution in [2.24, 2.45) is 17.8 Å². The molecule has 1 rings (SSSR count). The van der Waals surface area contributed by atoms with Crippen molar-refractivity contribution in [1.29, 1.82) is 0 Å². The molecule has 1 aliphatic heterocycles. The van der Waals surface area contributed by atoms with Crippen LogP contribution >= 0.6 is 0 Å². The molecular formula is C14H30N2. The molecule has 96 valence electrons. The second-order valence-corrected chi connectivity index (χ2v) is 6.27. The van der Waals surface area contributed by atoms with Crippen LogP contribution in [-0.4, -0.2) is 43.2 Å². The molecule has 0 saturated carbocycles. The molecule has 1 saturated heterocycles. The van der Waals surface area contributed by atoms with E-state index in [2.05, 4.69) is 44.5 Å². The second-order valence-electron chi connectivity index (χ2n) is 6.27. The van der Waals surface area contributed by atoms with Gasteiger partial charge in [0.2, 0.25) is 0 Å². The number of likely N-dealkylation sites (tertiary alicyclic amines) is 1. The van der Waals surface area contributed by atoms with Gasteiger partial charge in [0.15, 0.2) is 0 Å². The molecule has 2 nitrogen and oxygen atoms in total. The van der Waals surface area contributed by atoms with Gasteiger partial charge in [0.05, 0.1) is 6.67 Å². The summed E-state index contributed by atoms with van der Waals surface area (Å²) in [6.07, 6.45) is 2.79. The molecule has 16 heavy (non-hydrogen) atoms. The summed E-state index contributed by atoms with van der Waals surface area (Å²) in [5, 5.41) is 0. The van der Waals surface area contributed by atoms with Crippen molar-refractivity contribution in [1.82, 2.24) is 9.80 Å². The number of hydrogen-bond donors (Lipinski definition) is 0. The molecule has 1 fully saturated rings. The molecule has 2 heteroatoms. The van der Waals surface area contributed by atoms with Gasteiger partial charge in [-0.1, -0.05) is 27.7 Å². The molecule has 0 atom stereocenters. The van der Waals surface area contributed by atoms with E-state index in [-0.39, 0.29) is 0 Å². The first-order valence-electron chi connectivity index (χ1n) is 6.90. The first-order chi connectivity index (χ1) is 7.49. The van der Waals surface area contributed by atoms with Crippen molar-refractivity contribution in [3.05, 3.63) is 0 Å². The molecule has 0 radical (unpaired) electrons. The van der Waals surface area contributed by atoms with Crippen LogP contribution in [0.5, 0.6) is 0 Å². The number of nitrogens with zero attached hydrogens (tertiary/aromatic N) is 2. The average Bonchev–Trinajstić information content (AvgIpc) is 2.16. The van der Waals surface area contributed by atoms with Gasteiger partial charge in [-0.3, -0.25) is 9.80 Å². The molecule has 0 aliphatic carbocycles. The van der Waals surface area contributed by atoms with Crippen molar-refractivity contribution in [2.75, 3.05) is 33.4 Å². The quantitative estimate of drug-likeness (QED) is 0.711. The monoisotopic (exact) mass is 226 g/mol. The minimum absolute atomic E-state index is 0.776. The third kappa shape index (κ3) is 4.84. The van der Waals surface area contributed by atoms with E-state index < -0.39 is 0 Å². The molecule has 0 amide bonds. The maximum Gasteiger partial charge on any atom is 0.0503 e. The van der Waals surface area contributed by atoms with Gasteiger partial charge in [0.1, 0.15) is 0 Å². The van der Waals surface area contributed by atoms with E-state index in [1.165, 1.54) is 32.5 Å². The summed E-state index contributed by atoms with van der Waals surface area (Å²) in [6, 6.07) is 0. The van der Waals surface area contributed by atoms with Gasteiger partial charge in [0.25, 0.3) is 0 Å². The molecular weight excluding hydrogens is 196 g/mol. The zero-order chi connectivity index (χ0) is 12.1. The van der Waals surface area contributed by atoms with E-state index in [4.69, 9.17) is 0 Å². The molecule has 1 heterocycles. The third-order valence-electron chi connectivity index (χ3n) is 3.69. The summed E-state index contributed by atoms with van der Waals surface area (Å²) in [5.74, 6) is 2.61. The van der Waals surface area contributed by atoms with E-state index in [9.17, 15) is 0 Å². The molecule has 0 N–H and O–H groups in total. The van der Waals surface area contributed by atoms with Gasteiger partial charge in [0, 0.05) is 6.54 Å². The summed E-state index contributed by atoms with van der Waals surface area (Å²) < 4.78 is 0. The second kappa shape index (κ2) is 6.61. The highest BCUT2D eigenvalue weighted by molar-refractivity contribution is 4.74. The Morgan fingerprint density at radius 3 is 2.12 bits per heavy atom. The van der Waals surface area contributed by atoms with Gasteiger partial charge < -0.3 is 0 Å². The zero-order valence-corrected chi connectivity index (χ0v) is 11.9. The molecule has 0 bridgehead atoms. The predicted molar refractivity (Wildman–Crippen MR) is 71.5 cm³/mol. The van der Waals surface area contributed by atoms with E-state index in [1.54, 1.807) is 0 Å².